The molecule has 2 atom stereocenters. The minimum Gasteiger partial charge on any atom is -0.333 e. The van der Waals surface area contributed by atoms with Gasteiger partial charge in [0.1, 0.15) is 0 Å². The molecular formula is C17H22N2O2. The van der Waals surface area contributed by atoms with Crippen molar-refractivity contribution in [2.75, 3.05) is 5.32 Å². The maximum Gasteiger partial charge on any atom is 0.254 e. The second-order valence-corrected chi connectivity index (χ2v) is 6.01. The zero-order valence-electron chi connectivity index (χ0n) is 12.5. The molecule has 112 valence electrons. The van der Waals surface area contributed by atoms with E-state index in [9.17, 15) is 9.59 Å². The summed E-state index contributed by atoms with van der Waals surface area (Å²) in [6.45, 7) is 1.82. The lowest BCUT2D eigenvalue weighted by atomic mass is 10.0. The van der Waals surface area contributed by atoms with Crippen LogP contribution >= 0.6 is 0 Å². The summed E-state index contributed by atoms with van der Waals surface area (Å²) in [5.41, 5.74) is 1.39. The van der Waals surface area contributed by atoms with Crippen molar-refractivity contribution in [3.63, 3.8) is 0 Å². The highest BCUT2D eigenvalue weighted by Gasteiger charge is 2.39. The number of nitrogens with zero attached hydrogens (tertiary/aromatic N) is 1. The average molecular weight is 286 g/mol. The van der Waals surface area contributed by atoms with Crippen molar-refractivity contribution in [2.24, 2.45) is 0 Å². The number of carbonyl (C=O) groups excluding carboxylic acids is 2. The number of rotatable bonds is 3. The van der Waals surface area contributed by atoms with Crippen LogP contribution in [0, 0.1) is 0 Å². The van der Waals surface area contributed by atoms with Crippen LogP contribution in [0.1, 0.15) is 55.8 Å². The summed E-state index contributed by atoms with van der Waals surface area (Å²) in [6.07, 6.45) is 6.23. The normalized spacial score (nSPS) is 24.0. The number of amides is 2. The molecule has 21 heavy (non-hydrogen) atoms. The number of hydrogen-bond acceptors (Lipinski definition) is 2. The van der Waals surface area contributed by atoms with E-state index >= 15 is 0 Å². The molecule has 2 fully saturated rings. The van der Waals surface area contributed by atoms with Crippen molar-refractivity contribution in [1.29, 1.82) is 0 Å². The molecule has 1 aromatic rings. The molecule has 3 rings (SSSR count). The van der Waals surface area contributed by atoms with Crippen LogP contribution in [0.25, 0.3) is 0 Å². The molecule has 2 amide bonds. The molecule has 0 spiro atoms. The Balaban J connectivity index is 1.78. The minimum atomic E-state index is -0.0300. The van der Waals surface area contributed by atoms with Crippen LogP contribution in [0.3, 0.4) is 0 Å². The van der Waals surface area contributed by atoms with Crippen molar-refractivity contribution in [1.82, 2.24) is 4.90 Å². The van der Waals surface area contributed by atoms with Crippen molar-refractivity contribution < 1.29 is 9.59 Å². The highest BCUT2D eigenvalue weighted by Crippen LogP contribution is 2.36. The standard InChI is InChI=1S/C17H22N2O2/c1-2-16(20)18-13-6-3-5-12(11-13)17(21)19-14-7-4-8-15(19)10-9-14/h3,5-6,11,14-15H,2,4,7-10H2,1H3,(H,18,20). The monoisotopic (exact) mass is 286 g/mol. The summed E-state index contributed by atoms with van der Waals surface area (Å²) in [4.78, 5) is 26.3. The Morgan fingerprint density at radius 1 is 1.19 bits per heavy atom. The highest BCUT2D eigenvalue weighted by atomic mass is 16.2. The molecule has 1 N–H and O–H groups in total. The van der Waals surface area contributed by atoms with Gasteiger partial charge >= 0.3 is 0 Å². The van der Waals surface area contributed by atoms with Gasteiger partial charge in [0, 0.05) is 29.8 Å². The Bertz CT molecular complexity index is 539. The van der Waals surface area contributed by atoms with Gasteiger partial charge in [-0.15, -0.1) is 0 Å². The van der Waals surface area contributed by atoms with Gasteiger partial charge in [-0.3, -0.25) is 9.59 Å². The number of anilines is 1. The SMILES string of the molecule is CCC(=O)Nc1cccc(C(=O)N2C3CCCC2CC3)c1. The van der Waals surface area contributed by atoms with E-state index in [0.29, 0.717) is 29.8 Å². The van der Waals surface area contributed by atoms with E-state index in [2.05, 4.69) is 10.2 Å². The maximum atomic E-state index is 12.8. The van der Waals surface area contributed by atoms with Crippen LogP contribution in [-0.2, 0) is 4.79 Å². The second-order valence-electron chi connectivity index (χ2n) is 6.01. The first-order valence-corrected chi connectivity index (χ1v) is 7.91. The summed E-state index contributed by atoms with van der Waals surface area (Å²) >= 11 is 0. The Kier molecular flexibility index (Phi) is 3.95. The summed E-state index contributed by atoms with van der Waals surface area (Å²) in [6, 6.07) is 8.15. The van der Waals surface area contributed by atoms with E-state index in [1.165, 1.54) is 6.42 Å². The van der Waals surface area contributed by atoms with Crippen molar-refractivity contribution in [3.8, 4) is 0 Å². The maximum absolute atomic E-state index is 12.8. The summed E-state index contributed by atoms with van der Waals surface area (Å²) < 4.78 is 0. The van der Waals surface area contributed by atoms with Crippen molar-refractivity contribution >= 4 is 17.5 Å². The largest absolute Gasteiger partial charge is 0.333 e. The molecular weight excluding hydrogens is 264 g/mol. The molecule has 4 nitrogen and oxygen atoms in total. The molecule has 1 aromatic carbocycles. The van der Waals surface area contributed by atoms with Crippen LogP contribution in [-0.4, -0.2) is 28.8 Å². The smallest absolute Gasteiger partial charge is 0.254 e. The number of benzene rings is 1. The van der Waals surface area contributed by atoms with Gasteiger partial charge in [0.2, 0.25) is 5.91 Å². The van der Waals surface area contributed by atoms with Gasteiger partial charge in [0.15, 0.2) is 0 Å². The average Bonchev–Trinajstić information content (AvgIpc) is 2.75. The Labute approximate surface area is 125 Å². The molecule has 0 aliphatic carbocycles. The zero-order valence-corrected chi connectivity index (χ0v) is 12.5. The van der Waals surface area contributed by atoms with E-state index in [0.717, 1.165) is 25.7 Å². The Morgan fingerprint density at radius 3 is 2.57 bits per heavy atom. The third-order valence-corrected chi connectivity index (χ3v) is 4.64. The van der Waals surface area contributed by atoms with E-state index in [4.69, 9.17) is 0 Å². The first-order chi connectivity index (χ1) is 10.2. The minimum absolute atomic E-state index is 0.0300. The predicted molar refractivity (Wildman–Crippen MR) is 82.2 cm³/mol. The van der Waals surface area contributed by atoms with E-state index < -0.39 is 0 Å². The molecule has 4 heteroatoms. The lowest BCUT2D eigenvalue weighted by Crippen LogP contribution is -2.44. The lowest BCUT2D eigenvalue weighted by molar-refractivity contribution is -0.115. The van der Waals surface area contributed by atoms with E-state index in [1.807, 2.05) is 25.1 Å². The van der Waals surface area contributed by atoms with Crippen molar-refractivity contribution in [2.45, 2.75) is 57.5 Å². The van der Waals surface area contributed by atoms with E-state index in [1.54, 1.807) is 6.07 Å². The first-order valence-electron chi connectivity index (χ1n) is 7.91. The fraction of sp³-hybridized carbons (Fsp3) is 0.529. The fourth-order valence-corrected chi connectivity index (χ4v) is 3.58. The zero-order chi connectivity index (χ0) is 14.8. The Morgan fingerprint density at radius 2 is 1.90 bits per heavy atom. The van der Waals surface area contributed by atoms with Crippen molar-refractivity contribution in [3.05, 3.63) is 29.8 Å². The lowest BCUT2D eigenvalue weighted by Gasteiger charge is -2.35. The van der Waals surface area contributed by atoms with Gasteiger partial charge in [0.25, 0.3) is 5.91 Å². The van der Waals surface area contributed by atoms with Gasteiger partial charge in [0.05, 0.1) is 0 Å². The third kappa shape index (κ3) is 2.80. The second kappa shape index (κ2) is 5.88. The fourth-order valence-electron chi connectivity index (χ4n) is 3.58. The molecule has 2 heterocycles. The number of fused-ring (bicyclic) bond motifs is 2. The van der Waals surface area contributed by atoms with Crippen LogP contribution in [0.2, 0.25) is 0 Å². The third-order valence-electron chi connectivity index (χ3n) is 4.64. The molecule has 2 bridgehead atoms. The molecule has 0 aromatic heterocycles. The summed E-state index contributed by atoms with van der Waals surface area (Å²) in [7, 11) is 0. The van der Waals surface area contributed by atoms with Crippen LogP contribution < -0.4 is 5.32 Å². The van der Waals surface area contributed by atoms with Crippen LogP contribution in [0.5, 0.6) is 0 Å². The summed E-state index contributed by atoms with van der Waals surface area (Å²) in [5.74, 6) is 0.0902. The number of carbonyl (C=O) groups is 2. The van der Waals surface area contributed by atoms with Gasteiger partial charge in [-0.05, 0) is 50.3 Å². The van der Waals surface area contributed by atoms with Gasteiger partial charge in [-0.25, -0.2) is 0 Å². The molecule has 2 aliphatic heterocycles. The Hall–Kier alpha value is -1.84. The number of hydrogen-bond donors (Lipinski definition) is 1. The van der Waals surface area contributed by atoms with Crippen LogP contribution in [0.15, 0.2) is 24.3 Å². The molecule has 2 aliphatic rings. The predicted octanol–water partition coefficient (Wildman–Crippen LogP) is 3.19. The first kappa shape index (κ1) is 14.1. The van der Waals surface area contributed by atoms with Gasteiger partial charge in [-0.1, -0.05) is 13.0 Å². The van der Waals surface area contributed by atoms with Crippen LogP contribution in [0.4, 0.5) is 5.69 Å². The highest BCUT2D eigenvalue weighted by molar-refractivity contribution is 5.97. The number of piperidine rings is 1. The molecule has 0 saturated carbocycles. The quantitative estimate of drug-likeness (QED) is 0.927. The molecule has 0 radical (unpaired) electrons. The topological polar surface area (TPSA) is 49.4 Å². The van der Waals surface area contributed by atoms with E-state index in [-0.39, 0.29) is 11.8 Å². The number of nitrogens with one attached hydrogen (secondary N) is 1. The van der Waals surface area contributed by atoms with Gasteiger partial charge in [-0.2, -0.15) is 0 Å². The summed E-state index contributed by atoms with van der Waals surface area (Å²) in [5, 5.41) is 2.82. The van der Waals surface area contributed by atoms with Gasteiger partial charge < -0.3 is 10.2 Å². The molecule has 2 saturated heterocycles. The molecule has 2 unspecified atom stereocenters.